The molecule has 0 saturated carbocycles. The molecular weight excluding hydrogens is 216 g/mol. The summed E-state index contributed by atoms with van der Waals surface area (Å²) in [6.07, 6.45) is 0.263. The number of carbonyl (C=O) groups excluding carboxylic acids is 1. The molecule has 0 aliphatic rings. The van der Waals surface area contributed by atoms with Crippen LogP contribution in [0.3, 0.4) is 0 Å². The number of hydrogen-bond acceptors (Lipinski definition) is 3. The van der Waals surface area contributed by atoms with Crippen LogP contribution in [0.1, 0.15) is 32.8 Å². The van der Waals surface area contributed by atoms with E-state index in [1.807, 2.05) is 30.3 Å². The first-order valence-corrected chi connectivity index (χ1v) is 5.90. The van der Waals surface area contributed by atoms with Crippen LogP contribution in [0.25, 0.3) is 0 Å². The van der Waals surface area contributed by atoms with Gasteiger partial charge in [0.2, 0.25) is 6.29 Å². The second-order valence-corrected chi connectivity index (χ2v) is 4.47. The molecule has 1 aromatic carbocycles. The summed E-state index contributed by atoms with van der Waals surface area (Å²) < 4.78 is 10.7. The zero-order chi connectivity index (χ0) is 12.7. The number of hydrogen-bond donors (Lipinski definition) is 0. The molecule has 94 valence electrons. The highest BCUT2D eigenvalue weighted by Gasteiger charge is 2.14. The van der Waals surface area contributed by atoms with Crippen LogP contribution >= 0.6 is 0 Å². The van der Waals surface area contributed by atoms with Gasteiger partial charge in [-0.2, -0.15) is 0 Å². The fourth-order valence-electron chi connectivity index (χ4n) is 1.48. The molecule has 1 atom stereocenters. The van der Waals surface area contributed by atoms with Crippen molar-refractivity contribution in [3.8, 4) is 0 Å². The molecular formula is C14H20O3. The summed E-state index contributed by atoms with van der Waals surface area (Å²) in [5.41, 5.74) is 1.08. The van der Waals surface area contributed by atoms with Crippen LogP contribution in [0.2, 0.25) is 0 Å². The topological polar surface area (TPSA) is 35.5 Å². The van der Waals surface area contributed by atoms with Gasteiger partial charge in [-0.05, 0) is 11.5 Å². The Labute approximate surface area is 103 Å². The Morgan fingerprint density at radius 1 is 1.24 bits per heavy atom. The lowest BCUT2D eigenvalue weighted by atomic mass is 10.1. The third-order valence-electron chi connectivity index (χ3n) is 2.24. The highest BCUT2D eigenvalue weighted by Crippen LogP contribution is 2.12. The average molecular weight is 236 g/mol. The van der Waals surface area contributed by atoms with Gasteiger partial charge < -0.3 is 9.47 Å². The standard InChI is InChI=1S/C14H20O3/c1-11(2)9-14(17-12(3)15)16-10-13-7-5-4-6-8-13/h4-8,11,14H,9-10H2,1-3H3/t14-/m0/s1. The number of benzene rings is 1. The fourth-order valence-corrected chi connectivity index (χ4v) is 1.48. The first-order valence-electron chi connectivity index (χ1n) is 5.90. The molecule has 0 amide bonds. The SMILES string of the molecule is CC(=O)O[C@@H](CC(C)C)OCc1ccccc1. The van der Waals surface area contributed by atoms with Crippen LogP contribution in [0.5, 0.6) is 0 Å². The highest BCUT2D eigenvalue weighted by molar-refractivity contribution is 5.66. The Balaban J connectivity index is 2.45. The number of rotatable bonds is 6. The monoisotopic (exact) mass is 236 g/mol. The summed E-state index contributed by atoms with van der Waals surface area (Å²) in [6, 6.07) is 9.85. The Hall–Kier alpha value is -1.35. The van der Waals surface area contributed by atoms with Gasteiger partial charge in [0.1, 0.15) is 0 Å². The van der Waals surface area contributed by atoms with Crippen molar-refractivity contribution in [2.45, 2.75) is 40.1 Å². The molecule has 0 heterocycles. The summed E-state index contributed by atoms with van der Waals surface area (Å²) in [4.78, 5) is 10.9. The van der Waals surface area contributed by atoms with E-state index < -0.39 is 6.29 Å². The molecule has 17 heavy (non-hydrogen) atoms. The van der Waals surface area contributed by atoms with Crippen molar-refractivity contribution < 1.29 is 14.3 Å². The fraction of sp³-hybridized carbons (Fsp3) is 0.500. The zero-order valence-electron chi connectivity index (χ0n) is 10.7. The normalized spacial score (nSPS) is 12.5. The van der Waals surface area contributed by atoms with Crippen LogP contribution in [-0.4, -0.2) is 12.3 Å². The van der Waals surface area contributed by atoms with Crippen molar-refractivity contribution in [1.82, 2.24) is 0 Å². The maximum Gasteiger partial charge on any atom is 0.304 e. The average Bonchev–Trinajstić information content (AvgIpc) is 2.26. The lowest BCUT2D eigenvalue weighted by Gasteiger charge is -2.19. The molecule has 0 saturated heterocycles. The van der Waals surface area contributed by atoms with E-state index in [-0.39, 0.29) is 5.97 Å². The highest BCUT2D eigenvalue weighted by atomic mass is 16.7. The van der Waals surface area contributed by atoms with Gasteiger partial charge in [0.15, 0.2) is 0 Å². The molecule has 0 bridgehead atoms. The first kappa shape index (κ1) is 13.7. The molecule has 3 heteroatoms. The van der Waals surface area contributed by atoms with Crippen molar-refractivity contribution >= 4 is 5.97 Å². The van der Waals surface area contributed by atoms with Gasteiger partial charge in [0, 0.05) is 13.3 Å². The minimum absolute atomic E-state index is 0.302. The number of esters is 1. The number of carbonyl (C=O) groups is 1. The summed E-state index contributed by atoms with van der Waals surface area (Å²) in [7, 11) is 0. The predicted octanol–water partition coefficient (Wildman–Crippen LogP) is 3.14. The molecule has 1 rings (SSSR count). The van der Waals surface area contributed by atoms with Crippen molar-refractivity contribution in [1.29, 1.82) is 0 Å². The first-order chi connectivity index (χ1) is 8.08. The van der Waals surface area contributed by atoms with E-state index in [2.05, 4.69) is 13.8 Å². The van der Waals surface area contributed by atoms with E-state index in [0.29, 0.717) is 18.9 Å². The van der Waals surface area contributed by atoms with E-state index in [0.717, 1.165) is 5.56 Å². The van der Waals surface area contributed by atoms with Crippen molar-refractivity contribution in [3.05, 3.63) is 35.9 Å². The minimum atomic E-state index is -0.451. The number of ether oxygens (including phenoxy) is 2. The molecule has 0 fully saturated rings. The van der Waals surface area contributed by atoms with Gasteiger partial charge in [-0.1, -0.05) is 44.2 Å². The van der Waals surface area contributed by atoms with Crippen molar-refractivity contribution in [2.75, 3.05) is 0 Å². The van der Waals surface area contributed by atoms with Gasteiger partial charge in [0.05, 0.1) is 6.61 Å². The quantitative estimate of drug-likeness (QED) is 0.562. The van der Waals surface area contributed by atoms with E-state index in [4.69, 9.17) is 9.47 Å². The second kappa shape index (κ2) is 7.07. The Morgan fingerprint density at radius 2 is 1.88 bits per heavy atom. The molecule has 0 aromatic heterocycles. The summed E-state index contributed by atoms with van der Waals surface area (Å²) in [6.45, 7) is 6.01. The molecule has 0 aliphatic carbocycles. The lowest BCUT2D eigenvalue weighted by molar-refractivity contribution is -0.182. The Bertz CT molecular complexity index is 333. The summed E-state index contributed by atoms with van der Waals surface area (Å²) >= 11 is 0. The van der Waals surface area contributed by atoms with E-state index in [1.54, 1.807) is 0 Å². The van der Waals surface area contributed by atoms with Crippen LogP contribution in [0.15, 0.2) is 30.3 Å². The predicted molar refractivity (Wildman–Crippen MR) is 66.2 cm³/mol. The van der Waals surface area contributed by atoms with Crippen LogP contribution < -0.4 is 0 Å². The van der Waals surface area contributed by atoms with Gasteiger partial charge in [-0.25, -0.2) is 0 Å². The third-order valence-corrected chi connectivity index (χ3v) is 2.24. The lowest BCUT2D eigenvalue weighted by Crippen LogP contribution is -2.21. The molecule has 3 nitrogen and oxygen atoms in total. The Morgan fingerprint density at radius 3 is 2.41 bits per heavy atom. The minimum Gasteiger partial charge on any atom is -0.436 e. The van der Waals surface area contributed by atoms with E-state index >= 15 is 0 Å². The molecule has 0 aliphatic heterocycles. The van der Waals surface area contributed by atoms with Crippen LogP contribution in [-0.2, 0) is 20.9 Å². The second-order valence-electron chi connectivity index (χ2n) is 4.47. The molecule has 0 N–H and O–H groups in total. The van der Waals surface area contributed by atoms with Crippen molar-refractivity contribution in [2.24, 2.45) is 5.92 Å². The maximum absolute atomic E-state index is 10.9. The third kappa shape index (κ3) is 6.07. The maximum atomic E-state index is 10.9. The largest absolute Gasteiger partial charge is 0.436 e. The van der Waals surface area contributed by atoms with Gasteiger partial charge in [0.25, 0.3) is 0 Å². The zero-order valence-corrected chi connectivity index (χ0v) is 10.7. The molecule has 0 radical (unpaired) electrons. The summed E-state index contributed by atoms with van der Waals surface area (Å²) in [5, 5.41) is 0. The van der Waals surface area contributed by atoms with Crippen LogP contribution in [0, 0.1) is 5.92 Å². The molecule has 1 aromatic rings. The summed E-state index contributed by atoms with van der Waals surface area (Å²) in [5.74, 6) is 0.124. The van der Waals surface area contributed by atoms with Crippen LogP contribution in [0.4, 0.5) is 0 Å². The van der Waals surface area contributed by atoms with E-state index in [9.17, 15) is 4.79 Å². The smallest absolute Gasteiger partial charge is 0.304 e. The molecule has 0 unspecified atom stereocenters. The van der Waals surface area contributed by atoms with Gasteiger partial charge >= 0.3 is 5.97 Å². The van der Waals surface area contributed by atoms with Crippen molar-refractivity contribution in [3.63, 3.8) is 0 Å². The van der Waals surface area contributed by atoms with E-state index in [1.165, 1.54) is 6.92 Å². The molecule has 0 spiro atoms. The van der Waals surface area contributed by atoms with Gasteiger partial charge in [-0.15, -0.1) is 0 Å². The van der Waals surface area contributed by atoms with Gasteiger partial charge in [-0.3, -0.25) is 4.79 Å². The Kier molecular flexibility index (Phi) is 5.70.